The summed E-state index contributed by atoms with van der Waals surface area (Å²) in [5, 5.41) is 0.382. The van der Waals surface area contributed by atoms with Crippen LogP contribution in [0.2, 0.25) is 5.02 Å². The van der Waals surface area contributed by atoms with E-state index >= 15 is 0 Å². The van der Waals surface area contributed by atoms with E-state index in [0.29, 0.717) is 36.1 Å². The molecule has 7 heteroatoms. The minimum atomic E-state index is -0.313. The smallest absolute Gasteiger partial charge is 0.255 e. The van der Waals surface area contributed by atoms with Crippen molar-refractivity contribution in [2.75, 3.05) is 13.1 Å². The lowest BCUT2D eigenvalue weighted by Gasteiger charge is -2.28. The van der Waals surface area contributed by atoms with Crippen molar-refractivity contribution >= 4 is 34.8 Å². The van der Waals surface area contributed by atoms with E-state index in [0.717, 1.165) is 23.3 Å². The highest BCUT2D eigenvalue weighted by atomic mass is 35.5. The van der Waals surface area contributed by atoms with Crippen molar-refractivity contribution in [1.82, 2.24) is 9.80 Å². The van der Waals surface area contributed by atoms with Crippen molar-refractivity contribution in [2.24, 2.45) is 5.92 Å². The molecule has 2 aromatic carbocycles. The summed E-state index contributed by atoms with van der Waals surface area (Å²) in [6.07, 6.45) is 2.13. The molecule has 0 saturated heterocycles. The van der Waals surface area contributed by atoms with Gasteiger partial charge in [-0.3, -0.25) is 9.59 Å². The maximum atomic E-state index is 13.5. The zero-order chi connectivity index (χ0) is 23.4. The molecule has 1 heterocycles. The van der Waals surface area contributed by atoms with Crippen LogP contribution in [0.4, 0.5) is 4.39 Å². The van der Waals surface area contributed by atoms with Gasteiger partial charge in [-0.1, -0.05) is 35.9 Å². The summed E-state index contributed by atoms with van der Waals surface area (Å²) in [6, 6.07) is 17.1. The molecule has 4 rings (SSSR count). The van der Waals surface area contributed by atoms with Gasteiger partial charge < -0.3 is 9.80 Å². The number of aryl methyl sites for hydroxylation is 1. The largest absolute Gasteiger partial charge is 0.332 e. The van der Waals surface area contributed by atoms with Crippen LogP contribution in [-0.4, -0.2) is 34.7 Å². The van der Waals surface area contributed by atoms with E-state index in [1.165, 1.54) is 17.0 Å². The standard InChI is InChI=1S/C26H26ClFN2O2S/c1-18-6-13-22(33-18)16-29(14-20-9-11-21(28)12-10-20)25(31)17-30(15-19-7-8-19)26(32)23-4-2-3-5-24(23)27/h2-6,9-13,19H,7-8,14-17H2,1H3. The van der Waals surface area contributed by atoms with Crippen molar-refractivity contribution < 1.29 is 14.0 Å². The molecule has 1 aliphatic rings. The lowest BCUT2D eigenvalue weighted by Crippen LogP contribution is -2.43. The summed E-state index contributed by atoms with van der Waals surface area (Å²) in [5.41, 5.74) is 1.25. The lowest BCUT2D eigenvalue weighted by molar-refractivity contribution is -0.133. The highest BCUT2D eigenvalue weighted by Crippen LogP contribution is 2.31. The summed E-state index contributed by atoms with van der Waals surface area (Å²) in [4.78, 5) is 32.4. The van der Waals surface area contributed by atoms with Crippen LogP contribution in [-0.2, 0) is 17.9 Å². The number of carbonyl (C=O) groups excluding carboxylic acids is 2. The molecule has 0 N–H and O–H groups in total. The third kappa shape index (κ3) is 6.42. The number of benzene rings is 2. The third-order valence-electron chi connectivity index (χ3n) is 5.68. The fourth-order valence-electron chi connectivity index (χ4n) is 3.70. The van der Waals surface area contributed by atoms with E-state index in [4.69, 9.17) is 11.6 Å². The molecule has 1 fully saturated rings. The van der Waals surface area contributed by atoms with E-state index < -0.39 is 0 Å². The van der Waals surface area contributed by atoms with Crippen LogP contribution >= 0.6 is 22.9 Å². The monoisotopic (exact) mass is 484 g/mol. The first-order chi connectivity index (χ1) is 15.9. The predicted molar refractivity (Wildman–Crippen MR) is 130 cm³/mol. The Labute approximate surface area is 202 Å². The van der Waals surface area contributed by atoms with E-state index in [2.05, 4.69) is 0 Å². The Hall–Kier alpha value is -2.70. The number of amides is 2. The van der Waals surface area contributed by atoms with Gasteiger partial charge in [0.25, 0.3) is 5.91 Å². The molecule has 0 radical (unpaired) electrons. The molecular weight excluding hydrogens is 459 g/mol. The van der Waals surface area contributed by atoms with Crippen LogP contribution in [0.15, 0.2) is 60.7 Å². The first-order valence-corrected chi connectivity index (χ1v) is 12.2. The molecule has 172 valence electrons. The molecule has 1 saturated carbocycles. The maximum absolute atomic E-state index is 13.5. The van der Waals surface area contributed by atoms with Crippen molar-refractivity contribution in [3.8, 4) is 0 Å². The second kappa shape index (κ2) is 10.5. The van der Waals surface area contributed by atoms with Gasteiger partial charge in [0.1, 0.15) is 12.4 Å². The van der Waals surface area contributed by atoms with Gasteiger partial charge in [-0.15, -0.1) is 11.3 Å². The predicted octanol–water partition coefficient (Wildman–Crippen LogP) is 5.93. The van der Waals surface area contributed by atoms with Crippen molar-refractivity contribution in [3.05, 3.63) is 92.4 Å². The molecule has 1 aliphatic carbocycles. The molecule has 4 nitrogen and oxygen atoms in total. The minimum Gasteiger partial charge on any atom is -0.332 e. The molecule has 3 aromatic rings. The number of rotatable bonds is 9. The van der Waals surface area contributed by atoms with Gasteiger partial charge in [-0.2, -0.15) is 0 Å². The number of carbonyl (C=O) groups is 2. The lowest BCUT2D eigenvalue weighted by atomic mass is 10.1. The Balaban J connectivity index is 1.55. The van der Waals surface area contributed by atoms with Gasteiger partial charge in [0, 0.05) is 22.8 Å². The first-order valence-electron chi connectivity index (χ1n) is 11.0. The highest BCUT2D eigenvalue weighted by molar-refractivity contribution is 7.11. The number of nitrogens with zero attached hydrogens (tertiary/aromatic N) is 2. The van der Waals surface area contributed by atoms with E-state index in [9.17, 15) is 14.0 Å². The fourth-order valence-corrected chi connectivity index (χ4v) is 4.82. The van der Waals surface area contributed by atoms with Gasteiger partial charge in [-0.25, -0.2) is 4.39 Å². The van der Waals surface area contributed by atoms with Crippen molar-refractivity contribution in [2.45, 2.75) is 32.9 Å². The molecule has 0 unspecified atom stereocenters. The van der Waals surface area contributed by atoms with Crippen LogP contribution in [0, 0.1) is 18.7 Å². The average Bonchev–Trinajstić information content (AvgIpc) is 3.53. The summed E-state index contributed by atoms with van der Waals surface area (Å²) in [7, 11) is 0. The Morgan fingerprint density at radius 2 is 1.73 bits per heavy atom. The summed E-state index contributed by atoms with van der Waals surface area (Å²) in [5.74, 6) is -0.262. The number of halogens is 2. The van der Waals surface area contributed by atoms with Crippen LogP contribution < -0.4 is 0 Å². The molecule has 2 amide bonds. The number of hydrogen-bond donors (Lipinski definition) is 0. The maximum Gasteiger partial charge on any atom is 0.255 e. The second-order valence-electron chi connectivity index (χ2n) is 8.50. The molecule has 0 atom stereocenters. The zero-order valence-corrected chi connectivity index (χ0v) is 20.0. The topological polar surface area (TPSA) is 40.6 Å². The number of hydrogen-bond acceptors (Lipinski definition) is 3. The molecular formula is C26H26ClFN2O2S. The zero-order valence-electron chi connectivity index (χ0n) is 18.5. The quantitative estimate of drug-likeness (QED) is 0.377. The molecule has 0 aliphatic heterocycles. The normalized spacial score (nSPS) is 13.1. The molecule has 33 heavy (non-hydrogen) atoms. The van der Waals surface area contributed by atoms with Gasteiger partial charge in [0.2, 0.25) is 5.91 Å². The van der Waals surface area contributed by atoms with Crippen LogP contribution in [0.3, 0.4) is 0 Å². The van der Waals surface area contributed by atoms with Gasteiger partial charge in [0.05, 0.1) is 17.1 Å². The molecule has 0 spiro atoms. The second-order valence-corrected chi connectivity index (χ2v) is 10.3. The minimum absolute atomic E-state index is 0.0217. The molecule has 1 aromatic heterocycles. The average molecular weight is 485 g/mol. The number of thiophene rings is 1. The van der Waals surface area contributed by atoms with E-state index in [1.807, 2.05) is 19.1 Å². The van der Waals surface area contributed by atoms with Crippen LogP contribution in [0.25, 0.3) is 0 Å². The highest BCUT2D eigenvalue weighted by Gasteiger charge is 2.30. The van der Waals surface area contributed by atoms with Crippen molar-refractivity contribution in [1.29, 1.82) is 0 Å². The summed E-state index contributed by atoms with van der Waals surface area (Å²) < 4.78 is 13.4. The van der Waals surface area contributed by atoms with E-state index in [1.54, 1.807) is 57.5 Å². The Bertz CT molecular complexity index is 1130. The Kier molecular flexibility index (Phi) is 7.46. The summed E-state index contributed by atoms with van der Waals surface area (Å²) >= 11 is 7.91. The SMILES string of the molecule is Cc1ccc(CN(Cc2ccc(F)cc2)C(=O)CN(CC2CC2)C(=O)c2ccccc2Cl)s1. The van der Waals surface area contributed by atoms with Gasteiger partial charge in [-0.05, 0) is 67.6 Å². The van der Waals surface area contributed by atoms with Crippen LogP contribution in [0.5, 0.6) is 0 Å². The Morgan fingerprint density at radius 3 is 2.36 bits per heavy atom. The van der Waals surface area contributed by atoms with E-state index in [-0.39, 0.29) is 24.2 Å². The summed E-state index contributed by atoms with van der Waals surface area (Å²) in [6.45, 7) is 3.32. The first kappa shape index (κ1) is 23.5. The van der Waals surface area contributed by atoms with Gasteiger partial charge >= 0.3 is 0 Å². The molecule has 0 bridgehead atoms. The van der Waals surface area contributed by atoms with Crippen molar-refractivity contribution in [3.63, 3.8) is 0 Å². The third-order valence-corrected chi connectivity index (χ3v) is 6.99. The fraction of sp³-hybridized carbons (Fsp3) is 0.308. The van der Waals surface area contributed by atoms with Crippen LogP contribution in [0.1, 0.15) is 38.5 Å². The Morgan fingerprint density at radius 1 is 1.00 bits per heavy atom. The van der Waals surface area contributed by atoms with Gasteiger partial charge in [0.15, 0.2) is 0 Å².